The van der Waals surface area contributed by atoms with Gasteiger partial charge in [0.2, 0.25) is 0 Å². The smallest absolute Gasteiger partial charge is 0.258 e. The number of carbonyl (C=O) groups is 1. The normalized spacial score (nSPS) is 25.6. The van der Waals surface area contributed by atoms with E-state index in [0.717, 1.165) is 11.1 Å². The Labute approximate surface area is 147 Å². The highest BCUT2D eigenvalue weighted by molar-refractivity contribution is 5.78. The molecule has 132 valence electrons. The van der Waals surface area contributed by atoms with Crippen LogP contribution in [0.4, 0.5) is 0 Å². The summed E-state index contributed by atoms with van der Waals surface area (Å²) in [5.41, 5.74) is 2.11. The molecule has 3 rings (SSSR count). The van der Waals surface area contributed by atoms with Crippen molar-refractivity contribution in [2.45, 2.75) is 37.5 Å². The summed E-state index contributed by atoms with van der Waals surface area (Å²) < 4.78 is 5.45. The first kappa shape index (κ1) is 17.5. The van der Waals surface area contributed by atoms with Crippen LogP contribution in [0, 0.1) is 6.92 Å². The maximum Gasteiger partial charge on any atom is 0.258 e. The van der Waals surface area contributed by atoms with Gasteiger partial charge in [-0.15, -0.1) is 0 Å². The van der Waals surface area contributed by atoms with Gasteiger partial charge >= 0.3 is 0 Å². The maximum absolute atomic E-state index is 12.3. The molecule has 0 aliphatic heterocycles. The van der Waals surface area contributed by atoms with Gasteiger partial charge in [-0.1, -0.05) is 42.5 Å². The number of aliphatic hydroxyl groups excluding tert-OH is 2. The molecule has 4 atom stereocenters. The third-order valence-corrected chi connectivity index (χ3v) is 4.72. The summed E-state index contributed by atoms with van der Waals surface area (Å²) in [6.07, 6.45) is -1.44. The van der Waals surface area contributed by atoms with Gasteiger partial charge in [0.1, 0.15) is 11.9 Å². The van der Waals surface area contributed by atoms with Crippen LogP contribution in [0.25, 0.3) is 0 Å². The average molecular weight is 341 g/mol. The Kier molecular flexibility index (Phi) is 5.36. The highest BCUT2D eigenvalue weighted by Crippen LogP contribution is 2.36. The predicted octanol–water partition coefficient (Wildman–Crippen LogP) is 1.77. The lowest BCUT2D eigenvalue weighted by Gasteiger charge is -2.25. The van der Waals surface area contributed by atoms with Crippen molar-refractivity contribution in [1.82, 2.24) is 5.32 Å². The Morgan fingerprint density at radius 1 is 1.12 bits per heavy atom. The highest BCUT2D eigenvalue weighted by atomic mass is 16.5. The van der Waals surface area contributed by atoms with Crippen LogP contribution in [0.1, 0.15) is 23.5 Å². The Hall–Kier alpha value is -2.37. The first-order chi connectivity index (χ1) is 12.1. The number of benzene rings is 2. The molecule has 3 N–H and O–H groups in total. The molecule has 0 spiro atoms. The minimum Gasteiger partial charge on any atom is -0.484 e. The Morgan fingerprint density at radius 3 is 2.52 bits per heavy atom. The Morgan fingerprint density at radius 2 is 1.80 bits per heavy atom. The van der Waals surface area contributed by atoms with Crippen molar-refractivity contribution in [2.75, 3.05) is 6.61 Å². The second kappa shape index (κ2) is 7.68. The van der Waals surface area contributed by atoms with Crippen LogP contribution in [-0.2, 0) is 4.79 Å². The van der Waals surface area contributed by atoms with E-state index in [4.69, 9.17) is 4.74 Å². The molecular formula is C20H23NO4. The van der Waals surface area contributed by atoms with Crippen LogP contribution in [-0.4, -0.2) is 41.0 Å². The molecule has 0 unspecified atom stereocenters. The van der Waals surface area contributed by atoms with E-state index in [9.17, 15) is 15.0 Å². The number of nitrogens with one attached hydrogen (secondary N) is 1. The highest BCUT2D eigenvalue weighted by Gasteiger charge is 2.43. The minimum absolute atomic E-state index is 0.133. The number of para-hydroxylation sites is 1. The fraction of sp³-hybridized carbons (Fsp3) is 0.350. The fourth-order valence-corrected chi connectivity index (χ4v) is 3.43. The molecular weight excluding hydrogens is 318 g/mol. The van der Waals surface area contributed by atoms with E-state index in [1.54, 1.807) is 12.1 Å². The van der Waals surface area contributed by atoms with Gasteiger partial charge in [-0.2, -0.15) is 0 Å². The van der Waals surface area contributed by atoms with E-state index < -0.39 is 18.2 Å². The van der Waals surface area contributed by atoms with Crippen molar-refractivity contribution in [2.24, 2.45) is 0 Å². The minimum atomic E-state index is -0.995. The summed E-state index contributed by atoms with van der Waals surface area (Å²) in [7, 11) is 0. The van der Waals surface area contributed by atoms with Crippen molar-refractivity contribution in [3.8, 4) is 5.75 Å². The first-order valence-corrected chi connectivity index (χ1v) is 8.45. The van der Waals surface area contributed by atoms with E-state index in [2.05, 4.69) is 5.32 Å². The number of hydrogen-bond acceptors (Lipinski definition) is 4. The third-order valence-electron chi connectivity index (χ3n) is 4.72. The molecule has 2 aromatic carbocycles. The summed E-state index contributed by atoms with van der Waals surface area (Å²) in [5, 5.41) is 23.2. The predicted molar refractivity (Wildman–Crippen MR) is 94.4 cm³/mol. The molecule has 5 nitrogen and oxygen atoms in total. The van der Waals surface area contributed by atoms with E-state index in [0.29, 0.717) is 12.2 Å². The summed E-state index contributed by atoms with van der Waals surface area (Å²) in [6, 6.07) is 16.4. The van der Waals surface area contributed by atoms with Crippen LogP contribution >= 0.6 is 0 Å². The molecule has 0 radical (unpaired) electrons. The maximum atomic E-state index is 12.3. The van der Waals surface area contributed by atoms with Gasteiger partial charge in [0.25, 0.3) is 5.91 Å². The third kappa shape index (κ3) is 4.00. The van der Waals surface area contributed by atoms with Gasteiger partial charge in [-0.25, -0.2) is 0 Å². The van der Waals surface area contributed by atoms with Gasteiger partial charge in [-0.05, 0) is 36.6 Å². The SMILES string of the molecule is Cc1ccccc1[C@H]1C[C@@H](O)[C@@H](O)[C@@H]1NC(=O)COc1ccccc1. The lowest BCUT2D eigenvalue weighted by Crippen LogP contribution is -2.46. The van der Waals surface area contributed by atoms with E-state index in [1.165, 1.54) is 0 Å². The molecule has 1 amide bonds. The van der Waals surface area contributed by atoms with Crippen LogP contribution in [0.15, 0.2) is 54.6 Å². The average Bonchev–Trinajstić information content (AvgIpc) is 2.89. The van der Waals surface area contributed by atoms with Gasteiger partial charge in [0.15, 0.2) is 6.61 Å². The summed E-state index contributed by atoms with van der Waals surface area (Å²) in [6.45, 7) is 1.85. The quantitative estimate of drug-likeness (QED) is 0.774. The topological polar surface area (TPSA) is 78.8 Å². The number of ether oxygens (including phenoxy) is 1. The molecule has 1 saturated carbocycles. The molecule has 0 saturated heterocycles. The Bertz CT molecular complexity index is 719. The van der Waals surface area contributed by atoms with Gasteiger partial charge in [0, 0.05) is 5.92 Å². The molecule has 1 fully saturated rings. The van der Waals surface area contributed by atoms with Crippen molar-refractivity contribution >= 4 is 5.91 Å². The van der Waals surface area contributed by atoms with Crippen molar-refractivity contribution in [3.63, 3.8) is 0 Å². The van der Waals surface area contributed by atoms with E-state index in [-0.39, 0.29) is 18.4 Å². The first-order valence-electron chi connectivity index (χ1n) is 8.45. The molecule has 0 heterocycles. The van der Waals surface area contributed by atoms with Gasteiger partial charge < -0.3 is 20.3 Å². The number of hydrogen-bond donors (Lipinski definition) is 3. The van der Waals surface area contributed by atoms with Crippen molar-refractivity contribution in [3.05, 3.63) is 65.7 Å². The zero-order chi connectivity index (χ0) is 17.8. The van der Waals surface area contributed by atoms with Gasteiger partial charge in [0.05, 0.1) is 12.1 Å². The molecule has 2 aromatic rings. The van der Waals surface area contributed by atoms with Crippen LogP contribution in [0.3, 0.4) is 0 Å². The van der Waals surface area contributed by atoms with Crippen molar-refractivity contribution < 1.29 is 19.7 Å². The fourth-order valence-electron chi connectivity index (χ4n) is 3.43. The zero-order valence-corrected chi connectivity index (χ0v) is 14.1. The Balaban J connectivity index is 1.68. The molecule has 0 aromatic heterocycles. The standard InChI is InChI=1S/C20H23NO4/c1-13-7-5-6-10-15(13)16-11-17(22)20(24)19(16)21-18(23)12-25-14-8-3-2-4-9-14/h2-10,16-17,19-20,22,24H,11-12H2,1H3,(H,21,23)/t16-,17-,19-,20-/m1/s1. The molecule has 0 bridgehead atoms. The second-order valence-corrected chi connectivity index (χ2v) is 6.45. The number of aliphatic hydroxyl groups is 2. The lowest BCUT2D eigenvalue weighted by atomic mass is 9.90. The van der Waals surface area contributed by atoms with E-state index >= 15 is 0 Å². The number of rotatable bonds is 5. The van der Waals surface area contributed by atoms with Crippen LogP contribution < -0.4 is 10.1 Å². The summed E-state index contributed by atoms with van der Waals surface area (Å²) in [5.74, 6) is 0.160. The largest absolute Gasteiger partial charge is 0.484 e. The van der Waals surface area contributed by atoms with Crippen molar-refractivity contribution in [1.29, 1.82) is 0 Å². The zero-order valence-electron chi connectivity index (χ0n) is 14.1. The molecule has 1 aliphatic carbocycles. The van der Waals surface area contributed by atoms with Crippen LogP contribution in [0.2, 0.25) is 0 Å². The molecule has 5 heteroatoms. The monoisotopic (exact) mass is 341 g/mol. The van der Waals surface area contributed by atoms with E-state index in [1.807, 2.05) is 49.4 Å². The van der Waals surface area contributed by atoms with Crippen LogP contribution in [0.5, 0.6) is 5.75 Å². The molecule has 25 heavy (non-hydrogen) atoms. The number of carbonyl (C=O) groups excluding carboxylic acids is 1. The van der Waals surface area contributed by atoms with Gasteiger partial charge in [-0.3, -0.25) is 4.79 Å². The number of amides is 1. The lowest BCUT2D eigenvalue weighted by molar-refractivity contribution is -0.124. The second-order valence-electron chi connectivity index (χ2n) is 6.45. The number of aryl methyl sites for hydroxylation is 1. The summed E-state index contributed by atoms with van der Waals surface area (Å²) in [4.78, 5) is 12.3. The molecule has 1 aliphatic rings. The summed E-state index contributed by atoms with van der Waals surface area (Å²) >= 11 is 0.